The number of rotatable bonds is 5. The van der Waals surface area contributed by atoms with Crippen LogP contribution in [0.15, 0.2) is 30.5 Å². The van der Waals surface area contributed by atoms with Crippen LogP contribution in [0.3, 0.4) is 0 Å². The average molecular weight is 336 g/mol. The molecule has 4 N–H and O–H groups in total. The minimum atomic E-state index is -0.654. The lowest BCUT2D eigenvalue weighted by molar-refractivity contribution is 0.0995. The van der Waals surface area contributed by atoms with Gasteiger partial charge in [0.1, 0.15) is 11.4 Å². The molecule has 1 aliphatic carbocycles. The Morgan fingerprint density at radius 3 is 2.65 bits per heavy atom. The second-order valence-corrected chi connectivity index (χ2v) is 5.90. The Morgan fingerprint density at radius 2 is 2.09 bits per heavy atom. The molecule has 1 aliphatic rings. The van der Waals surface area contributed by atoms with Gasteiger partial charge in [-0.3, -0.25) is 4.79 Å². The maximum atomic E-state index is 14.7. The predicted molar refractivity (Wildman–Crippen MR) is 83.9 cm³/mol. The topological polar surface area (TPSA) is 91.2 Å². The van der Waals surface area contributed by atoms with E-state index in [0.717, 1.165) is 12.8 Å². The molecule has 5 nitrogen and oxygen atoms in total. The molecule has 0 spiro atoms. The van der Waals surface area contributed by atoms with Gasteiger partial charge in [0.25, 0.3) is 5.91 Å². The van der Waals surface area contributed by atoms with Crippen LogP contribution in [0.4, 0.5) is 4.39 Å². The van der Waals surface area contributed by atoms with Crippen molar-refractivity contribution in [1.29, 1.82) is 0 Å². The minimum absolute atomic E-state index is 0.0911. The standard InChI is InChI=1S/C16H15ClFN3O2/c17-11-5-4-10(14(19)8-1-2-8)13(18)15(11)23-9-3-6-12(16(20)22)21-7-9/h3-8,14H,1-2,19H2,(H2,20,22). The van der Waals surface area contributed by atoms with E-state index in [4.69, 9.17) is 27.8 Å². The molecule has 1 unspecified atom stereocenters. The molecule has 1 heterocycles. The summed E-state index contributed by atoms with van der Waals surface area (Å²) in [5, 5.41) is 0.133. The van der Waals surface area contributed by atoms with Gasteiger partial charge in [-0.25, -0.2) is 9.37 Å². The summed E-state index contributed by atoms with van der Waals surface area (Å²) in [5.74, 6) is -0.786. The summed E-state index contributed by atoms with van der Waals surface area (Å²) in [6.45, 7) is 0. The number of hydrogen-bond donors (Lipinski definition) is 2. The van der Waals surface area contributed by atoms with Crippen LogP contribution in [0.25, 0.3) is 0 Å². The van der Waals surface area contributed by atoms with Gasteiger partial charge in [0.15, 0.2) is 11.6 Å². The summed E-state index contributed by atoms with van der Waals surface area (Å²) in [6.07, 6.45) is 3.28. The number of aromatic nitrogens is 1. The summed E-state index contributed by atoms with van der Waals surface area (Å²) in [5.41, 5.74) is 11.7. The molecule has 1 saturated carbocycles. The first-order valence-electron chi connectivity index (χ1n) is 7.14. The molecule has 0 saturated heterocycles. The van der Waals surface area contributed by atoms with Crippen molar-refractivity contribution in [3.05, 3.63) is 52.6 Å². The lowest BCUT2D eigenvalue weighted by Gasteiger charge is -2.16. The fourth-order valence-corrected chi connectivity index (χ4v) is 2.50. The van der Waals surface area contributed by atoms with E-state index in [1.54, 1.807) is 12.1 Å². The Kier molecular flexibility index (Phi) is 4.19. The molecular weight excluding hydrogens is 321 g/mol. The van der Waals surface area contributed by atoms with Crippen molar-refractivity contribution in [2.45, 2.75) is 18.9 Å². The Balaban J connectivity index is 1.89. The van der Waals surface area contributed by atoms with Gasteiger partial charge in [-0.05, 0) is 37.0 Å². The number of nitrogens with two attached hydrogens (primary N) is 2. The molecule has 1 fully saturated rings. The van der Waals surface area contributed by atoms with Gasteiger partial charge in [0, 0.05) is 11.6 Å². The SMILES string of the molecule is NC(=O)c1ccc(Oc2c(Cl)ccc(C(N)C3CC3)c2F)cn1. The third kappa shape index (κ3) is 3.28. The van der Waals surface area contributed by atoms with Crippen molar-refractivity contribution in [1.82, 2.24) is 4.98 Å². The van der Waals surface area contributed by atoms with Crippen LogP contribution >= 0.6 is 11.6 Å². The van der Waals surface area contributed by atoms with Gasteiger partial charge >= 0.3 is 0 Å². The van der Waals surface area contributed by atoms with E-state index in [1.807, 2.05) is 0 Å². The first-order valence-corrected chi connectivity index (χ1v) is 7.52. The second-order valence-electron chi connectivity index (χ2n) is 5.49. The fraction of sp³-hybridized carbons (Fsp3) is 0.250. The highest BCUT2D eigenvalue weighted by Gasteiger charge is 2.32. The highest BCUT2D eigenvalue weighted by molar-refractivity contribution is 6.32. The maximum absolute atomic E-state index is 14.7. The van der Waals surface area contributed by atoms with Crippen molar-refractivity contribution < 1.29 is 13.9 Å². The zero-order valence-electron chi connectivity index (χ0n) is 12.1. The third-order valence-corrected chi connectivity index (χ3v) is 4.07. The van der Waals surface area contributed by atoms with Gasteiger partial charge in [0.2, 0.25) is 0 Å². The highest BCUT2D eigenvalue weighted by Crippen LogP contribution is 2.43. The number of carbonyl (C=O) groups excluding carboxylic acids is 1. The van der Waals surface area contributed by atoms with Gasteiger partial charge in [0.05, 0.1) is 11.2 Å². The van der Waals surface area contributed by atoms with Crippen molar-refractivity contribution in [3.8, 4) is 11.5 Å². The van der Waals surface area contributed by atoms with Crippen LogP contribution in [0.5, 0.6) is 11.5 Å². The minimum Gasteiger partial charge on any atom is -0.451 e. The van der Waals surface area contributed by atoms with Crippen molar-refractivity contribution in [3.63, 3.8) is 0 Å². The molecule has 120 valence electrons. The Hall–Kier alpha value is -2.18. The van der Waals surface area contributed by atoms with E-state index in [9.17, 15) is 9.18 Å². The molecule has 7 heteroatoms. The van der Waals surface area contributed by atoms with Gasteiger partial charge in [-0.15, -0.1) is 0 Å². The first kappa shape index (κ1) is 15.7. The van der Waals surface area contributed by atoms with Gasteiger partial charge in [-0.1, -0.05) is 17.7 Å². The van der Waals surface area contributed by atoms with E-state index < -0.39 is 11.7 Å². The predicted octanol–water partition coefficient (Wildman–Crippen LogP) is 3.18. The highest BCUT2D eigenvalue weighted by atomic mass is 35.5. The number of benzene rings is 1. The van der Waals surface area contributed by atoms with E-state index in [-0.39, 0.29) is 28.3 Å². The number of pyridine rings is 1. The third-order valence-electron chi connectivity index (χ3n) is 3.78. The number of hydrogen-bond acceptors (Lipinski definition) is 4. The largest absolute Gasteiger partial charge is 0.451 e. The first-order chi connectivity index (χ1) is 11.0. The molecule has 3 rings (SSSR count). The summed E-state index contributed by atoms with van der Waals surface area (Å²) in [6, 6.07) is 5.63. The maximum Gasteiger partial charge on any atom is 0.267 e. The molecule has 1 amide bonds. The molecule has 1 aromatic carbocycles. The van der Waals surface area contributed by atoms with E-state index in [2.05, 4.69) is 4.98 Å². The van der Waals surface area contributed by atoms with Gasteiger partial charge in [-0.2, -0.15) is 0 Å². The number of halogens is 2. The molecule has 0 radical (unpaired) electrons. The molecule has 1 aromatic heterocycles. The van der Waals surface area contributed by atoms with E-state index in [1.165, 1.54) is 18.3 Å². The van der Waals surface area contributed by atoms with Crippen LogP contribution in [0, 0.1) is 11.7 Å². The molecular formula is C16H15ClFN3O2. The summed E-state index contributed by atoms with van der Waals surface area (Å²) >= 11 is 6.03. The molecule has 2 aromatic rings. The number of nitrogens with zero attached hydrogens (tertiary/aromatic N) is 1. The number of primary amides is 1. The smallest absolute Gasteiger partial charge is 0.267 e. The number of carbonyl (C=O) groups is 1. The lowest BCUT2D eigenvalue weighted by Crippen LogP contribution is -2.14. The van der Waals surface area contributed by atoms with Crippen LogP contribution < -0.4 is 16.2 Å². The van der Waals surface area contributed by atoms with Crippen LogP contribution in [-0.2, 0) is 0 Å². The quantitative estimate of drug-likeness (QED) is 0.877. The Labute approximate surface area is 137 Å². The number of ether oxygens (including phenoxy) is 1. The molecule has 23 heavy (non-hydrogen) atoms. The molecule has 0 bridgehead atoms. The van der Waals surface area contributed by atoms with Crippen LogP contribution in [-0.4, -0.2) is 10.9 Å². The zero-order valence-corrected chi connectivity index (χ0v) is 12.9. The zero-order chi connectivity index (χ0) is 16.6. The van der Waals surface area contributed by atoms with Crippen LogP contribution in [0.2, 0.25) is 5.02 Å². The summed E-state index contributed by atoms with van der Waals surface area (Å²) in [4.78, 5) is 14.8. The van der Waals surface area contributed by atoms with Crippen molar-refractivity contribution in [2.75, 3.05) is 0 Å². The monoisotopic (exact) mass is 335 g/mol. The fourth-order valence-electron chi connectivity index (χ4n) is 2.31. The summed E-state index contributed by atoms with van der Waals surface area (Å²) in [7, 11) is 0. The van der Waals surface area contributed by atoms with Crippen molar-refractivity contribution in [2.24, 2.45) is 17.4 Å². The Morgan fingerprint density at radius 1 is 1.35 bits per heavy atom. The summed E-state index contributed by atoms with van der Waals surface area (Å²) < 4.78 is 20.2. The second kappa shape index (κ2) is 6.14. The molecule has 1 atom stereocenters. The van der Waals surface area contributed by atoms with E-state index >= 15 is 0 Å². The normalized spacial score (nSPS) is 15.3. The van der Waals surface area contributed by atoms with Crippen molar-refractivity contribution >= 4 is 17.5 Å². The average Bonchev–Trinajstić information content (AvgIpc) is 3.36. The van der Waals surface area contributed by atoms with Crippen LogP contribution in [0.1, 0.15) is 34.9 Å². The molecule has 0 aliphatic heterocycles. The lowest BCUT2D eigenvalue weighted by atomic mass is 10.0. The Bertz CT molecular complexity index is 748. The van der Waals surface area contributed by atoms with E-state index in [0.29, 0.717) is 11.5 Å². The number of amides is 1. The van der Waals surface area contributed by atoms with Gasteiger partial charge < -0.3 is 16.2 Å².